The highest BCUT2D eigenvalue weighted by atomic mass is 32.1. The number of rotatable bonds is 2. The van der Waals surface area contributed by atoms with E-state index in [1.54, 1.807) is 0 Å². The molecular formula is C11H13NS. The van der Waals surface area contributed by atoms with E-state index < -0.39 is 0 Å². The van der Waals surface area contributed by atoms with Crippen LogP contribution in [-0.4, -0.2) is 4.99 Å². The Morgan fingerprint density at radius 1 is 1.46 bits per heavy atom. The standard InChI is InChI=1S/C11H13NS/c1-2-3-8-4-5-10-9(6-8)7-11(13)12-10/h4-6H,2-3,7H2,1H3,(H,12,13). The summed E-state index contributed by atoms with van der Waals surface area (Å²) in [6, 6.07) is 6.59. The Labute approximate surface area is 84.2 Å². The van der Waals surface area contributed by atoms with Crippen molar-refractivity contribution in [1.29, 1.82) is 0 Å². The lowest BCUT2D eigenvalue weighted by Crippen LogP contribution is -2.00. The van der Waals surface area contributed by atoms with E-state index in [0.29, 0.717) is 0 Å². The van der Waals surface area contributed by atoms with Gasteiger partial charge in [0.1, 0.15) is 0 Å². The number of fused-ring (bicyclic) bond motifs is 1. The smallest absolute Gasteiger partial charge is 0.0842 e. The molecule has 0 spiro atoms. The zero-order valence-electron chi connectivity index (χ0n) is 7.76. The van der Waals surface area contributed by atoms with E-state index in [-0.39, 0.29) is 0 Å². The molecule has 0 amide bonds. The maximum Gasteiger partial charge on any atom is 0.0842 e. The van der Waals surface area contributed by atoms with Gasteiger partial charge in [0.05, 0.1) is 4.99 Å². The van der Waals surface area contributed by atoms with E-state index >= 15 is 0 Å². The van der Waals surface area contributed by atoms with Crippen molar-refractivity contribution < 1.29 is 0 Å². The Kier molecular flexibility index (Phi) is 2.32. The van der Waals surface area contributed by atoms with Crippen molar-refractivity contribution in [3.63, 3.8) is 0 Å². The van der Waals surface area contributed by atoms with Crippen LogP contribution in [-0.2, 0) is 12.8 Å². The average molecular weight is 191 g/mol. The third-order valence-corrected chi connectivity index (χ3v) is 2.58. The third-order valence-electron chi connectivity index (χ3n) is 2.33. The molecule has 1 nitrogen and oxygen atoms in total. The minimum atomic E-state index is 0.919. The number of anilines is 1. The molecule has 1 heterocycles. The van der Waals surface area contributed by atoms with Gasteiger partial charge >= 0.3 is 0 Å². The van der Waals surface area contributed by atoms with E-state index in [1.807, 2.05) is 0 Å². The van der Waals surface area contributed by atoms with Gasteiger partial charge in [-0.25, -0.2) is 0 Å². The molecular weight excluding hydrogens is 178 g/mol. The molecule has 1 aromatic carbocycles. The van der Waals surface area contributed by atoms with Crippen molar-refractivity contribution in [1.82, 2.24) is 0 Å². The van der Waals surface area contributed by atoms with Crippen LogP contribution in [0, 0.1) is 0 Å². The number of benzene rings is 1. The predicted octanol–water partition coefficient (Wildman–Crippen LogP) is 2.93. The first-order chi connectivity index (χ1) is 6.29. The van der Waals surface area contributed by atoms with Crippen molar-refractivity contribution in [2.24, 2.45) is 0 Å². The van der Waals surface area contributed by atoms with Gasteiger partial charge in [0.15, 0.2) is 0 Å². The van der Waals surface area contributed by atoms with Crippen molar-refractivity contribution >= 4 is 22.9 Å². The Morgan fingerprint density at radius 3 is 3.08 bits per heavy atom. The Morgan fingerprint density at radius 2 is 2.31 bits per heavy atom. The molecule has 0 fully saturated rings. The second kappa shape index (κ2) is 3.46. The summed E-state index contributed by atoms with van der Waals surface area (Å²) in [4.78, 5) is 0.948. The monoisotopic (exact) mass is 191 g/mol. The van der Waals surface area contributed by atoms with Crippen LogP contribution in [0.15, 0.2) is 18.2 Å². The van der Waals surface area contributed by atoms with Crippen molar-refractivity contribution in [3.8, 4) is 0 Å². The molecule has 0 atom stereocenters. The molecule has 0 bridgehead atoms. The lowest BCUT2D eigenvalue weighted by Gasteiger charge is -2.02. The van der Waals surface area contributed by atoms with Crippen LogP contribution in [0.2, 0.25) is 0 Å². The van der Waals surface area contributed by atoms with Gasteiger partial charge in [-0.3, -0.25) is 0 Å². The Bertz CT molecular complexity index is 344. The Balaban J connectivity index is 2.29. The van der Waals surface area contributed by atoms with Gasteiger partial charge < -0.3 is 5.32 Å². The summed E-state index contributed by atoms with van der Waals surface area (Å²) in [6.07, 6.45) is 3.29. The summed E-state index contributed by atoms with van der Waals surface area (Å²) in [5.74, 6) is 0. The molecule has 1 N–H and O–H groups in total. The summed E-state index contributed by atoms with van der Waals surface area (Å²) in [5, 5.41) is 3.20. The van der Waals surface area contributed by atoms with Crippen LogP contribution in [0.25, 0.3) is 0 Å². The van der Waals surface area contributed by atoms with Crippen LogP contribution in [0.1, 0.15) is 24.5 Å². The van der Waals surface area contributed by atoms with Gasteiger partial charge in [-0.1, -0.05) is 37.7 Å². The van der Waals surface area contributed by atoms with Gasteiger partial charge in [-0.2, -0.15) is 0 Å². The number of thiocarbonyl (C=S) groups is 1. The van der Waals surface area contributed by atoms with Gasteiger partial charge in [0.2, 0.25) is 0 Å². The summed E-state index contributed by atoms with van der Waals surface area (Å²) >= 11 is 5.12. The Hall–Kier alpha value is -0.890. The molecule has 13 heavy (non-hydrogen) atoms. The van der Waals surface area contributed by atoms with Crippen molar-refractivity contribution in [3.05, 3.63) is 29.3 Å². The van der Waals surface area contributed by atoms with Gasteiger partial charge in [-0.15, -0.1) is 0 Å². The van der Waals surface area contributed by atoms with Crippen LogP contribution in [0.5, 0.6) is 0 Å². The minimum absolute atomic E-state index is 0.919. The quantitative estimate of drug-likeness (QED) is 0.721. The van der Waals surface area contributed by atoms with Gasteiger partial charge in [-0.05, 0) is 23.6 Å². The molecule has 1 aliphatic heterocycles. The molecule has 2 rings (SSSR count). The first-order valence-electron chi connectivity index (χ1n) is 4.71. The van der Waals surface area contributed by atoms with E-state index in [2.05, 4.69) is 30.4 Å². The second-order valence-electron chi connectivity index (χ2n) is 3.47. The molecule has 0 radical (unpaired) electrons. The highest BCUT2D eigenvalue weighted by Gasteiger charge is 2.13. The van der Waals surface area contributed by atoms with E-state index in [4.69, 9.17) is 12.2 Å². The second-order valence-corrected chi connectivity index (χ2v) is 3.96. The van der Waals surface area contributed by atoms with Gasteiger partial charge in [0, 0.05) is 12.1 Å². The van der Waals surface area contributed by atoms with Crippen LogP contribution >= 0.6 is 12.2 Å². The summed E-state index contributed by atoms with van der Waals surface area (Å²) in [6.45, 7) is 2.20. The molecule has 2 heteroatoms. The predicted molar refractivity (Wildman–Crippen MR) is 60.4 cm³/mol. The summed E-state index contributed by atoms with van der Waals surface area (Å²) in [7, 11) is 0. The summed E-state index contributed by atoms with van der Waals surface area (Å²) < 4.78 is 0. The zero-order valence-corrected chi connectivity index (χ0v) is 8.58. The topological polar surface area (TPSA) is 12.0 Å². The highest BCUT2D eigenvalue weighted by Crippen LogP contribution is 2.24. The third kappa shape index (κ3) is 1.73. The fraction of sp³-hybridized carbons (Fsp3) is 0.364. The molecule has 0 saturated heterocycles. The highest BCUT2D eigenvalue weighted by molar-refractivity contribution is 7.80. The molecule has 1 aromatic rings. The molecule has 0 aliphatic carbocycles. The minimum Gasteiger partial charge on any atom is -0.350 e. The fourth-order valence-electron chi connectivity index (χ4n) is 1.73. The first-order valence-corrected chi connectivity index (χ1v) is 5.12. The lowest BCUT2D eigenvalue weighted by atomic mass is 10.1. The average Bonchev–Trinajstić information content (AvgIpc) is 2.44. The summed E-state index contributed by atoms with van der Waals surface area (Å²) in [5.41, 5.74) is 3.98. The maximum absolute atomic E-state index is 5.12. The van der Waals surface area contributed by atoms with Crippen LogP contribution in [0.3, 0.4) is 0 Å². The van der Waals surface area contributed by atoms with Gasteiger partial charge in [0.25, 0.3) is 0 Å². The molecule has 1 aliphatic rings. The van der Waals surface area contributed by atoms with Crippen molar-refractivity contribution in [2.45, 2.75) is 26.2 Å². The SMILES string of the molecule is CCCc1ccc2c(c1)CC(=S)N2. The number of hydrogen-bond donors (Lipinski definition) is 1. The largest absolute Gasteiger partial charge is 0.350 e. The molecule has 0 saturated carbocycles. The zero-order chi connectivity index (χ0) is 9.26. The molecule has 0 unspecified atom stereocenters. The van der Waals surface area contributed by atoms with Crippen molar-refractivity contribution in [2.75, 3.05) is 5.32 Å². The van der Waals surface area contributed by atoms with E-state index in [1.165, 1.54) is 29.7 Å². The van der Waals surface area contributed by atoms with Crippen LogP contribution < -0.4 is 5.32 Å². The van der Waals surface area contributed by atoms with Crippen LogP contribution in [0.4, 0.5) is 5.69 Å². The fourth-order valence-corrected chi connectivity index (χ4v) is 1.99. The lowest BCUT2D eigenvalue weighted by molar-refractivity contribution is 0.920. The van der Waals surface area contributed by atoms with E-state index in [9.17, 15) is 0 Å². The van der Waals surface area contributed by atoms with E-state index in [0.717, 1.165) is 11.4 Å². The number of nitrogens with one attached hydrogen (secondary N) is 1. The molecule has 68 valence electrons. The molecule has 0 aromatic heterocycles. The normalized spacial score (nSPS) is 14.1. The number of hydrogen-bond acceptors (Lipinski definition) is 1. The first kappa shape index (κ1) is 8.70. The maximum atomic E-state index is 5.12. The number of aryl methyl sites for hydroxylation is 1.